The smallest absolute Gasteiger partial charge is 0.407 e. The Labute approximate surface area is 137 Å². The summed E-state index contributed by atoms with van der Waals surface area (Å²) < 4.78 is 30.3. The molecule has 1 fully saturated rings. The number of nitrogens with zero attached hydrogens (tertiary/aromatic N) is 1. The number of amides is 1. The predicted octanol–water partition coefficient (Wildman–Crippen LogP) is 2.87. The van der Waals surface area contributed by atoms with Crippen molar-refractivity contribution in [3.8, 4) is 0 Å². The number of carbonyl (C=O) groups is 1. The Morgan fingerprint density at radius 3 is 2.30 bits per heavy atom. The molecule has 1 amide bonds. The van der Waals surface area contributed by atoms with Crippen LogP contribution in [-0.4, -0.2) is 43.2 Å². The third-order valence-corrected chi connectivity index (χ3v) is 5.39. The van der Waals surface area contributed by atoms with Gasteiger partial charge in [0.05, 0.1) is 10.9 Å². The molecule has 1 aliphatic rings. The molecule has 0 radical (unpaired) electrons. The zero-order valence-electron chi connectivity index (χ0n) is 13.8. The molecule has 1 N–H and O–H groups in total. The highest BCUT2D eigenvalue weighted by Gasteiger charge is 2.46. The number of likely N-dealkylation sites (tertiary alicyclic amines) is 1. The summed E-state index contributed by atoms with van der Waals surface area (Å²) in [6.07, 6.45) is -1.37. The van der Waals surface area contributed by atoms with E-state index in [1.807, 2.05) is 27.7 Å². The molecule has 1 aromatic rings. The quantitative estimate of drug-likeness (QED) is 0.855. The molecular formula is C16H23NO5S. The minimum Gasteiger partial charge on any atom is -0.465 e. The van der Waals surface area contributed by atoms with E-state index in [0.29, 0.717) is 6.42 Å². The largest absolute Gasteiger partial charge is 0.465 e. The molecule has 2 atom stereocenters. The fourth-order valence-corrected chi connectivity index (χ4v) is 4.14. The maximum atomic E-state index is 12.5. The lowest BCUT2D eigenvalue weighted by molar-refractivity contribution is 0.0598. The van der Waals surface area contributed by atoms with Crippen LogP contribution >= 0.6 is 0 Å². The van der Waals surface area contributed by atoms with Crippen LogP contribution in [0.1, 0.15) is 32.8 Å². The molecule has 7 heteroatoms. The minimum atomic E-state index is -3.92. The Balaban J connectivity index is 2.27. The molecular weight excluding hydrogens is 318 g/mol. The highest BCUT2D eigenvalue weighted by Crippen LogP contribution is 2.36. The Bertz CT molecular complexity index is 675. The summed E-state index contributed by atoms with van der Waals surface area (Å²) in [7, 11) is -3.92. The van der Waals surface area contributed by atoms with Gasteiger partial charge in [0.2, 0.25) is 0 Å². The molecule has 1 heterocycles. The zero-order valence-corrected chi connectivity index (χ0v) is 14.6. The van der Waals surface area contributed by atoms with Gasteiger partial charge < -0.3 is 10.0 Å². The fourth-order valence-electron chi connectivity index (χ4n) is 3.03. The number of aryl methyl sites for hydroxylation is 1. The molecule has 2 unspecified atom stereocenters. The fraction of sp³-hybridized carbons (Fsp3) is 0.562. The number of hydrogen-bond donors (Lipinski definition) is 1. The maximum absolute atomic E-state index is 12.5. The van der Waals surface area contributed by atoms with Crippen molar-refractivity contribution in [2.45, 2.75) is 51.2 Å². The van der Waals surface area contributed by atoms with Crippen molar-refractivity contribution in [3.05, 3.63) is 29.8 Å². The molecule has 1 aliphatic heterocycles. The van der Waals surface area contributed by atoms with E-state index in [-0.39, 0.29) is 11.4 Å². The monoisotopic (exact) mass is 341 g/mol. The van der Waals surface area contributed by atoms with Gasteiger partial charge in [-0.15, -0.1) is 0 Å². The molecule has 2 rings (SSSR count). The molecule has 0 aromatic heterocycles. The van der Waals surface area contributed by atoms with Crippen LogP contribution in [0, 0.1) is 12.3 Å². The van der Waals surface area contributed by atoms with E-state index >= 15 is 0 Å². The van der Waals surface area contributed by atoms with Crippen LogP contribution in [0.4, 0.5) is 4.79 Å². The van der Waals surface area contributed by atoms with Crippen LogP contribution in [0.2, 0.25) is 0 Å². The van der Waals surface area contributed by atoms with Gasteiger partial charge in [0.1, 0.15) is 6.10 Å². The SMILES string of the molecule is Cc1ccc(S(=O)(=O)OC2CCN(C(=O)O)C2C(C)(C)C)cc1. The minimum absolute atomic E-state index is 0.0875. The average Bonchev–Trinajstić information content (AvgIpc) is 2.82. The lowest BCUT2D eigenvalue weighted by atomic mass is 9.84. The van der Waals surface area contributed by atoms with Crippen LogP contribution < -0.4 is 0 Å². The Morgan fingerprint density at radius 1 is 1.26 bits per heavy atom. The maximum Gasteiger partial charge on any atom is 0.407 e. The van der Waals surface area contributed by atoms with Crippen LogP contribution in [0.5, 0.6) is 0 Å². The van der Waals surface area contributed by atoms with Crippen LogP contribution in [0.25, 0.3) is 0 Å². The third kappa shape index (κ3) is 3.84. The first-order valence-electron chi connectivity index (χ1n) is 7.52. The summed E-state index contributed by atoms with van der Waals surface area (Å²) >= 11 is 0. The topological polar surface area (TPSA) is 83.9 Å². The molecule has 0 saturated carbocycles. The second kappa shape index (κ2) is 6.13. The highest BCUT2D eigenvalue weighted by atomic mass is 32.2. The van der Waals surface area contributed by atoms with Gasteiger partial charge in [0.15, 0.2) is 0 Å². The summed E-state index contributed by atoms with van der Waals surface area (Å²) in [5.41, 5.74) is 0.525. The van der Waals surface area contributed by atoms with Crippen molar-refractivity contribution in [2.75, 3.05) is 6.54 Å². The van der Waals surface area contributed by atoms with Crippen molar-refractivity contribution in [2.24, 2.45) is 5.41 Å². The van der Waals surface area contributed by atoms with Crippen LogP contribution in [0.3, 0.4) is 0 Å². The third-order valence-electron chi connectivity index (χ3n) is 4.04. The van der Waals surface area contributed by atoms with E-state index in [4.69, 9.17) is 4.18 Å². The number of carboxylic acid groups (broad SMARTS) is 1. The lowest BCUT2D eigenvalue weighted by Gasteiger charge is -2.36. The zero-order chi connectivity index (χ0) is 17.4. The van der Waals surface area contributed by atoms with E-state index in [1.165, 1.54) is 17.0 Å². The van der Waals surface area contributed by atoms with Gasteiger partial charge in [0.25, 0.3) is 10.1 Å². The van der Waals surface area contributed by atoms with Gasteiger partial charge >= 0.3 is 6.09 Å². The molecule has 6 nitrogen and oxygen atoms in total. The second-order valence-corrected chi connectivity index (χ2v) is 8.55. The van der Waals surface area contributed by atoms with E-state index < -0.39 is 33.8 Å². The Morgan fingerprint density at radius 2 is 1.83 bits per heavy atom. The van der Waals surface area contributed by atoms with Crippen LogP contribution in [-0.2, 0) is 14.3 Å². The molecule has 0 aliphatic carbocycles. The van der Waals surface area contributed by atoms with Gasteiger partial charge in [0, 0.05) is 6.54 Å². The van der Waals surface area contributed by atoms with Crippen molar-refractivity contribution >= 4 is 16.2 Å². The van der Waals surface area contributed by atoms with E-state index in [9.17, 15) is 18.3 Å². The van der Waals surface area contributed by atoms with Crippen molar-refractivity contribution in [1.82, 2.24) is 4.90 Å². The van der Waals surface area contributed by atoms with E-state index in [1.54, 1.807) is 12.1 Å². The number of hydrogen-bond acceptors (Lipinski definition) is 4. The highest BCUT2D eigenvalue weighted by molar-refractivity contribution is 7.86. The lowest BCUT2D eigenvalue weighted by Crippen LogP contribution is -2.48. The van der Waals surface area contributed by atoms with Gasteiger partial charge in [-0.2, -0.15) is 8.42 Å². The first-order chi connectivity index (χ1) is 10.5. The van der Waals surface area contributed by atoms with Gasteiger partial charge in [-0.25, -0.2) is 4.79 Å². The van der Waals surface area contributed by atoms with E-state index in [0.717, 1.165) is 5.56 Å². The van der Waals surface area contributed by atoms with Crippen molar-refractivity contribution < 1.29 is 22.5 Å². The van der Waals surface area contributed by atoms with Gasteiger partial charge in [-0.3, -0.25) is 4.18 Å². The average molecular weight is 341 g/mol. The van der Waals surface area contributed by atoms with Crippen molar-refractivity contribution in [1.29, 1.82) is 0 Å². The first-order valence-corrected chi connectivity index (χ1v) is 8.93. The number of benzene rings is 1. The molecule has 0 spiro atoms. The molecule has 23 heavy (non-hydrogen) atoms. The standard InChI is InChI=1S/C16H23NO5S/c1-11-5-7-12(8-6-11)23(20,21)22-13-9-10-17(15(18)19)14(13)16(2,3)4/h5-8,13-14H,9-10H2,1-4H3,(H,18,19). The summed E-state index contributed by atoms with van der Waals surface area (Å²) in [6.45, 7) is 7.79. The summed E-state index contributed by atoms with van der Waals surface area (Å²) in [5, 5.41) is 9.33. The van der Waals surface area contributed by atoms with Gasteiger partial charge in [-0.1, -0.05) is 38.5 Å². The molecule has 1 aromatic carbocycles. The van der Waals surface area contributed by atoms with Gasteiger partial charge in [-0.05, 0) is 30.9 Å². The second-order valence-electron chi connectivity index (χ2n) is 6.98. The first kappa shape index (κ1) is 17.7. The number of rotatable bonds is 3. The van der Waals surface area contributed by atoms with Crippen LogP contribution in [0.15, 0.2) is 29.2 Å². The van der Waals surface area contributed by atoms with E-state index in [2.05, 4.69) is 0 Å². The Kier molecular flexibility index (Phi) is 4.73. The molecule has 128 valence electrons. The normalized spacial score (nSPS) is 22.3. The molecule has 1 saturated heterocycles. The van der Waals surface area contributed by atoms with Crippen molar-refractivity contribution in [3.63, 3.8) is 0 Å². The summed E-state index contributed by atoms with van der Waals surface area (Å²) in [4.78, 5) is 12.8. The molecule has 0 bridgehead atoms. The predicted molar refractivity (Wildman–Crippen MR) is 85.8 cm³/mol. The Hall–Kier alpha value is -1.60. The summed E-state index contributed by atoms with van der Waals surface area (Å²) in [6, 6.07) is 5.90. The summed E-state index contributed by atoms with van der Waals surface area (Å²) in [5.74, 6) is 0.